The monoisotopic (exact) mass is 319 g/mol. The zero-order chi connectivity index (χ0) is 17.1. The Hall–Kier alpha value is -2.08. The Balaban J connectivity index is 2.39. The Kier molecular flexibility index (Phi) is 5.26. The van der Waals surface area contributed by atoms with Gasteiger partial charge in [0.2, 0.25) is 5.91 Å². The van der Waals surface area contributed by atoms with Gasteiger partial charge in [0.1, 0.15) is 11.9 Å². The molecule has 1 aromatic carbocycles. The Morgan fingerprint density at radius 3 is 2.74 bits per heavy atom. The van der Waals surface area contributed by atoms with Crippen LogP contribution in [0.5, 0.6) is 5.75 Å². The van der Waals surface area contributed by atoms with Crippen LogP contribution in [0.3, 0.4) is 0 Å². The SMILES string of the molecule is CC(=O)Nc1ccc2c(c1)C(=O)N(C)C[C@H](C)[C@@H](CN(C)C)O2. The van der Waals surface area contributed by atoms with Crippen molar-refractivity contribution in [2.75, 3.05) is 39.5 Å². The molecule has 2 amide bonds. The van der Waals surface area contributed by atoms with E-state index in [0.717, 1.165) is 6.54 Å². The molecule has 0 saturated heterocycles. The lowest BCUT2D eigenvalue weighted by atomic mass is 10.0. The van der Waals surface area contributed by atoms with Crippen molar-refractivity contribution in [1.82, 2.24) is 9.80 Å². The average molecular weight is 319 g/mol. The summed E-state index contributed by atoms with van der Waals surface area (Å²) in [6, 6.07) is 5.19. The second kappa shape index (κ2) is 7.00. The van der Waals surface area contributed by atoms with E-state index in [1.807, 2.05) is 14.1 Å². The molecule has 0 aliphatic carbocycles. The molecule has 6 heteroatoms. The molecule has 0 spiro atoms. The van der Waals surface area contributed by atoms with Gasteiger partial charge in [-0.25, -0.2) is 0 Å². The molecule has 23 heavy (non-hydrogen) atoms. The van der Waals surface area contributed by atoms with Gasteiger partial charge in [-0.3, -0.25) is 9.59 Å². The van der Waals surface area contributed by atoms with Crippen molar-refractivity contribution in [2.45, 2.75) is 20.0 Å². The van der Waals surface area contributed by atoms with Gasteiger partial charge in [0, 0.05) is 38.7 Å². The maximum Gasteiger partial charge on any atom is 0.257 e. The summed E-state index contributed by atoms with van der Waals surface area (Å²) in [5.74, 6) is 0.517. The highest BCUT2D eigenvalue weighted by atomic mass is 16.5. The number of amides is 2. The third-order valence-electron chi connectivity index (χ3n) is 3.90. The predicted molar refractivity (Wildman–Crippen MR) is 89.8 cm³/mol. The van der Waals surface area contributed by atoms with Crippen LogP contribution in [-0.4, -0.2) is 62.0 Å². The van der Waals surface area contributed by atoms with Gasteiger partial charge in [0.05, 0.1) is 5.56 Å². The van der Waals surface area contributed by atoms with Crippen LogP contribution in [0, 0.1) is 5.92 Å². The molecule has 0 aromatic heterocycles. The summed E-state index contributed by atoms with van der Waals surface area (Å²) in [4.78, 5) is 27.6. The summed E-state index contributed by atoms with van der Waals surface area (Å²) in [5, 5.41) is 2.71. The van der Waals surface area contributed by atoms with Crippen molar-refractivity contribution in [3.05, 3.63) is 23.8 Å². The molecule has 0 saturated carbocycles. The molecule has 1 aromatic rings. The minimum atomic E-state index is -0.170. The molecule has 126 valence electrons. The number of nitrogens with one attached hydrogen (secondary N) is 1. The van der Waals surface area contributed by atoms with E-state index in [9.17, 15) is 9.59 Å². The van der Waals surface area contributed by atoms with E-state index in [-0.39, 0.29) is 23.8 Å². The number of carbonyl (C=O) groups excluding carboxylic acids is 2. The molecule has 6 nitrogen and oxygen atoms in total. The van der Waals surface area contributed by atoms with Crippen LogP contribution < -0.4 is 10.1 Å². The maximum atomic E-state index is 12.6. The van der Waals surface area contributed by atoms with E-state index in [1.54, 1.807) is 30.1 Å². The summed E-state index contributed by atoms with van der Waals surface area (Å²) >= 11 is 0. The zero-order valence-corrected chi connectivity index (χ0v) is 14.4. The molecular weight excluding hydrogens is 294 g/mol. The highest BCUT2D eigenvalue weighted by Crippen LogP contribution is 2.29. The number of hydrogen-bond acceptors (Lipinski definition) is 4. The number of likely N-dealkylation sites (N-methyl/N-ethyl adjacent to an activating group) is 1. The second-order valence-corrected chi connectivity index (χ2v) is 6.47. The first-order chi connectivity index (χ1) is 10.8. The first-order valence-electron chi connectivity index (χ1n) is 7.76. The number of hydrogen-bond donors (Lipinski definition) is 1. The van der Waals surface area contributed by atoms with Gasteiger partial charge in [0.15, 0.2) is 0 Å². The molecule has 2 atom stereocenters. The molecular formula is C17H25N3O3. The first-order valence-corrected chi connectivity index (χ1v) is 7.76. The van der Waals surface area contributed by atoms with Gasteiger partial charge in [-0.2, -0.15) is 0 Å². The van der Waals surface area contributed by atoms with Crippen LogP contribution in [-0.2, 0) is 4.79 Å². The molecule has 0 radical (unpaired) electrons. The molecule has 0 unspecified atom stereocenters. The largest absolute Gasteiger partial charge is 0.488 e. The van der Waals surface area contributed by atoms with Crippen molar-refractivity contribution in [2.24, 2.45) is 5.92 Å². The van der Waals surface area contributed by atoms with Crippen molar-refractivity contribution >= 4 is 17.5 Å². The Labute approximate surface area is 137 Å². The van der Waals surface area contributed by atoms with Gasteiger partial charge in [-0.1, -0.05) is 6.92 Å². The van der Waals surface area contributed by atoms with Gasteiger partial charge in [-0.05, 0) is 32.3 Å². The van der Waals surface area contributed by atoms with Crippen molar-refractivity contribution in [3.63, 3.8) is 0 Å². The van der Waals surface area contributed by atoms with Crippen LogP contribution in [0.15, 0.2) is 18.2 Å². The minimum absolute atomic E-state index is 0.00841. The van der Waals surface area contributed by atoms with Crippen LogP contribution in [0.2, 0.25) is 0 Å². The molecule has 2 rings (SSSR count). The third kappa shape index (κ3) is 4.22. The Morgan fingerprint density at radius 2 is 2.13 bits per heavy atom. The van der Waals surface area contributed by atoms with Crippen LogP contribution in [0.25, 0.3) is 0 Å². The van der Waals surface area contributed by atoms with Crippen molar-refractivity contribution in [1.29, 1.82) is 0 Å². The maximum absolute atomic E-state index is 12.6. The lowest BCUT2D eigenvalue weighted by Crippen LogP contribution is -2.44. The highest BCUT2D eigenvalue weighted by molar-refractivity contribution is 5.99. The quantitative estimate of drug-likeness (QED) is 0.921. The summed E-state index contributed by atoms with van der Waals surface area (Å²) in [6.45, 7) is 4.93. The number of carbonyl (C=O) groups is 2. The number of ether oxygens (including phenoxy) is 1. The van der Waals surface area contributed by atoms with Crippen LogP contribution in [0.4, 0.5) is 5.69 Å². The van der Waals surface area contributed by atoms with Gasteiger partial charge >= 0.3 is 0 Å². The fourth-order valence-corrected chi connectivity index (χ4v) is 2.78. The summed E-state index contributed by atoms with van der Waals surface area (Å²) in [7, 11) is 5.81. The van der Waals surface area contributed by atoms with E-state index < -0.39 is 0 Å². The first kappa shape index (κ1) is 17.3. The van der Waals surface area contributed by atoms with Gasteiger partial charge in [0.25, 0.3) is 5.91 Å². The molecule has 1 aliphatic heterocycles. The highest BCUT2D eigenvalue weighted by Gasteiger charge is 2.29. The molecule has 0 bridgehead atoms. The summed E-state index contributed by atoms with van der Waals surface area (Å²) < 4.78 is 6.14. The van der Waals surface area contributed by atoms with E-state index >= 15 is 0 Å². The fourth-order valence-electron chi connectivity index (χ4n) is 2.78. The second-order valence-electron chi connectivity index (χ2n) is 6.47. The van der Waals surface area contributed by atoms with Crippen LogP contribution in [0.1, 0.15) is 24.2 Å². The Morgan fingerprint density at radius 1 is 1.43 bits per heavy atom. The lowest BCUT2D eigenvalue weighted by Gasteiger charge is -2.34. The van der Waals surface area contributed by atoms with E-state index in [1.165, 1.54) is 6.92 Å². The number of anilines is 1. The van der Waals surface area contributed by atoms with Gasteiger partial charge < -0.3 is 19.9 Å². The molecule has 0 fully saturated rings. The standard InChI is InChI=1S/C17H25N3O3/c1-11-9-20(5)17(22)14-8-13(18-12(2)21)6-7-15(14)23-16(11)10-19(3)4/h6-8,11,16H,9-10H2,1-5H3,(H,18,21)/t11-,16+/m0/s1. The zero-order valence-electron chi connectivity index (χ0n) is 14.4. The van der Waals surface area contributed by atoms with E-state index in [0.29, 0.717) is 23.5 Å². The van der Waals surface area contributed by atoms with Crippen LogP contribution >= 0.6 is 0 Å². The number of fused-ring (bicyclic) bond motifs is 1. The topological polar surface area (TPSA) is 61.9 Å². The minimum Gasteiger partial charge on any atom is -0.488 e. The summed E-state index contributed by atoms with van der Waals surface area (Å²) in [5.41, 5.74) is 1.08. The third-order valence-corrected chi connectivity index (χ3v) is 3.90. The van der Waals surface area contributed by atoms with E-state index in [4.69, 9.17) is 4.74 Å². The van der Waals surface area contributed by atoms with Crippen molar-refractivity contribution in [3.8, 4) is 5.75 Å². The number of rotatable bonds is 3. The normalized spacial score (nSPS) is 21.3. The molecule has 1 heterocycles. The Bertz CT molecular complexity index is 601. The smallest absolute Gasteiger partial charge is 0.257 e. The predicted octanol–water partition coefficient (Wildman–Crippen LogP) is 1.68. The molecule has 1 N–H and O–H groups in total. The van der Waals surface area contributed by atoms with E-state index in [2.05, 4.69) is 17.1 Å². The summed E-state index contributed by atoms with van der Waals surface area (Å²) in [6.07, 6.45) is -0.00841. The van der Waals surface area contributed by atoms with Gasteiger partial charge in [-0.15, -0.1) is 0 Å². The molecule has 1 aliphatic rings. The van der Waals surface area contributed by atoms with Crippen molar-refractivity contribution < 1.29 is 14.3 Å². The number of nitrogens with zero attached hydrogens (tertiary/aromatic N) is 2. The average Bonchev–Trinajstić information content (AvgIpc) is 2.45. The number of benzene rings is 1. The fraction of sp³-hybridized carbons (Fsp3) is 0.529. The lowest BCUT2D eigenvalue weighted by molar-refractivity contribution is -0.114.